The first-order chi connectivity index (χ1) is 9.99. The number of anilines is 1. The number of ether oxygens (including phenoxy) is 1. The van der Waals surface area contributed by atoms with Crippen LogP contribution in [0.2, 0.25) is 0 Å². The van der Waals surface area contributed by atoms with Gasteiger partial charge < -0.3 is 20.1 Å². The molecule has 0 spiro atoms. The molecule has 1 aromatic carbocycles. The molecule has 7 heteroatoms. The summed E-state index contributed by atoms with van der Waals surface area (Å²) < 4.78 is 5.55. The van der Waals surface area contributed by atoms with Crippen molar-refractivity contribution in [1.29, 1.82) is 0 Å². The van der Waals surface area contributed by atoms with Crippen LogP contribution in [0.4, 0.5) is 10.5 Å². The van der Waals surface area contributed by atoms with Gasteiger partial charge in [-0.3, -0.25) is 0 Å². The molecule has 0 unspecified atom stereocenters. The van der Waals surface area contributed by atoms with Gasteiger partial charge in [0.05, 0.1) is 17.9 Å². The SMILES string of the molecule is C=CCN(CCOC)C(=O)Nc1cc(C(=O)O)ccc1Br. The monoisotopic (exact) mass is 356 g/mol. The predicted octanol–water partition coefficient (Wildman–Crippen LogP) is 2.81. The van der Waals surface area contributed by atoms with Crippen molar-refractivity contribution in [1.82, 2.24) is 4.90 Å². The quantitative estimate of drug-likeness (QED) is 0.736. The number of methoxy groups -OCH3 is 1. The second-order valence-electron chi connectivity index (χ2n) is 4.16. The van der Waals surface area contributed by atoms with E-state index in [1.54, 1.807) is 19.3 Å². The number of nitrogens with one attached hydrogen (secondary N) is 1. The number of carboxylic acids is 1. The first kappa shape index (κ1) is 17.2. The molecular weight excluding hydrogens is 340 g/mol. The average molecular weight is 357 g/mol. The zero-order valence-corrected chi connectivity index (χ0v) is 13.2. The zero-order valence-electron chi connectivity index (χ0n) is 11.6. The van der Waals surface area contributed by atoms with Gasteiger partial charge in [-0.2, -0.15) is 0 Å². The second-order valence-corrected chi connectivity index (χ2v) is 5.01. The molecule has 1 aromatic rings. The molecule has 1 rings (SSSR count). The molecule has 0 aliphatic rings. The Bertz CT molecular complexity index is 534. The third-order valence-electron chi connectivity index (χ3n) is 2.66. The minimum absolute atomic E-state index is 0.0978. The number of halogens is 1. The van der Waals surface area contributed by atoms with Crippen molar-refractivity contribution in [2.45, 2.75) is 0 Å². The van der Waals surface area contributed by atoms with E-state index in [-0.39, 0.29) is 11.6 Å². The Labute approximate surface area is 131 Å². The zero-order chi connectivity index (χ0) is 15.8. The van der Waals surface area contributed by atoms with Gasteiger partial charge in [0.25, 0.3) is 0 Å². The Hall–Kier alpha value is -1.86. The highest BCUT2D eigenvalue weighted by Crippen LogP contribution is 2.24. The fourth-order valence-electron chi connectivity index (χ4n) is 1.58. The lowest BCUT2D eigenvalue weighted by Gasteiger charge is -2.21. The summed E-state index contributed by atoms with van der Waals surface area (Å²) in [5.41, 5.74) is 0.493. The van der Waals surface area contributed by atoms with E-state index in [0.717, 1.165) is 0 Å². The largest absolute Gasteiger partial charge is 0.478 e. The van der Waals surface area contributed by atoms with Crippen molar-refractivity contribution in [3.8, 4) is 0 Å². The maximum Gasteiger partial charge on any atom is 0.335 e. The molecule has 0 radical (unpaired) electrons. The summed E-state index contributed by atoms with van der Waals surface area (Å²) in [6, 6.07) is 4.07. The van der Waals surface area contributed by atoms with Gasteiger partial charge in [-0.05, 0) is 34.1 Å². The molecule has 0 aromatic heterocycles. The van der Waals surface area contributed by atoms with Crippen LogP contribution in [0.25, 0.3) is 0 Å². The summed E-state index contributed by atoms with van der Waals surface area (Å²) in [6.07, 6.45) is 1.61. The van der Waals surface area contributed by atoms with E-state index >= 15 is 0 Å². The molecule has 2 N–H and O–H groups in total. The van der Waals surface area contributed by atoms with Gasteiger partial charge >= 0.3 is 12.0 Å². The number of carboxylic acid groups (broad SMARTS) is 1. The Balaban J connectivity index is 2.86. The van der Waals surface area contributed by atoms with Crippen LogP contribution in [0.5, 0.6) is 0 Å². The molecule has 0 saturated heterocycles. The fourth-order valence-corrected chi connectivity index (χ4v) is 1.93. The summed E-state index contributed by atoms with van der Waals surface area (Å²) in [7, 11) is 1.55. The summed E-state index contributed by atoms with van der Waals surface area (Å²) in [5.74, 6) is -1.06. The lowest BCUT2D eigenvalue weighted by molar-refractivity contribution is 0.0697. The van der Waals surface area contributed by atoms with Crippen molar-refractivity contribution in [2.75, 3.05) is 32.1 Å². The van der Waals surface area contributed by atoms with Crippen LogP contribution in [0, 0.1) is 0 Å². The molecule has 6 nitrogen and oxygen atoms in total. The van der Waals surface area contributed by atoms with Gasteiger partial charge in [0, 0.05) is 24.7 Å². The van der Waals surface area contributed by atoms with Crippen LogP contribution in [0.3, 0.4) is 0 Å². The first-order valence-corrected chi connectivity index (χ1v) is 6.97. The van der Waals surface area contributed by atoms with Gasteiger partial charge in [0.1, 0.15) is 0 Å². The Kier molecular flexibility index (Phi) is 6.90. The van der Waals surface area contributed by atoms with Gasteiger partial charge in [-0.15, -0.1) is 6.58 Å². The second kappa shape index (κ2) is 8.43. The lowest BCUT2D eigenvalue weighted by atomic mass is 10.2. The van der Waals surface area contributed by atoms with Crippen LogP contribution in [-0.4, -0.2) is 48.8 Å². The summed E-state index contributed by atoms with van der Waals surface area (Å²) in [4.78, 5) is 24.7. The van der Waals surface area contributed by atoms with E-state index in [0.29, 0.717) is 29.9 Å². The third-order valence-corrected chi connectivity index (χ3v) is 3.35. The van der Waals surface area contributed by atoms with E-state index in [1.165, 1.54) is 17.0 Å². The normalized spacial score (nSPS) is 10.0. The van der Waals surface area contributed by atoms with Gasteiger partial charge in [-0.1, -0.05) is 6.08 Å². The molecule has 21 heavy (non-hydrogen) atoms. The maximum atomic E-state index is 12.2. The highest BCUT2D eigenvalue weighted by atomic mass is 79.9. The molecule has 0 aliphatic heterocycles. The summed E-state index contributed by atoms with van der Waals surface area (Å²) >= 11 is 3.28. The molecule has 0 saturated carbocycles. The standard InChI is InChI=1S/C14H17BrN2O4/c1-3-6-17(7-8-21-2)14(20)16-12-9-10(13(18)19)4-5-11(12)15/h3-5,9H,1,6-8H2,2H3,(H,16,20)(H,18,19). The average Bonchev–Trinajstić information content (AvgIpc) is 2.45. The minimum Gasteiger partial charge on any atom is -0.478 e. The minimum atomic E-state index is -1.06. The maximum absolute atomic E-state index is 12.2. The molecule has 0 fully saturated rings. The summed E-state index contributed by atoms with van der Waals surface area (Å²) in [5, 5.41) is 11.6. The highest BCUT2D eigenvalue weighted by Gasteiger charge is 2.14. The van der Waals surface area contributed by atoms with Crippen LogP contribution < -0.4 is 5.32 Å². The molecule has 114 valence electrons. The highest BCUT2D eigenvalue weighted by molar-refractivity contribution is 9.10. The van der Waals surface area contributed by atoms with Gasteiger partial charge in [-0.25, -0.2) is 9.59 Å². The number of aromatic carboxylic acids is 1. The Morgan fingerprint density at radius 2 is 2.24 bits per heavy atom. The Morgan fingerprint density at radius 1 is 1.52 bits per heavy atom. The number of carbonyl (C=O) groups is 2. The van der Waals surface area contributed by atoms with E-state index in [4.69, 9.17) is 9.84 Å². The molecule has 0 aliphatic carbocycles. The van der Waals surface area contributed by atoms with Crippen molar-refractivity contribution < 1.29 is 19.4 Å². The number of hydrogen-bond donors (Lipinski definition) is 2. The number of nitrogens with zero attached hydrogens (tertiary/aromatic N) is 1. The van der Waals surface area contributed by atoms with E-state index in [9.17, 15) is 9.59 Å². The van der Waals surface area contributed by atoms with Crippen LogP contribution in [0.1, 0.15) is 10.4 Å². The first-order valence-electron chi connectivity index (χ1n) is 6.18. The molecule has 2 amide bonds. The van der Waals surface area contributed by atoms with E-state index in [2.05, 4.69) is 27.8 Å². The lowest BCUT2D eigenvalue weighted by Crippen LogP contribution is -2.37. The number of rotatable bonds is 7. The number of carbonyl (C=O) groups excluding carboxylic acids is 1. The fraction of sp³-hybridized carbons (Fsp3) is 0.286. The predicted molar refractivity (Wildman–Crippen MR) is 83.8 cm³/mol. The third kappa shape index (κ3) is 5.20. The Morgan fingerprint density at radius 3 is 2.81 bits per heavy atom. The van der Waals surface area contributed by atoms with Gasteiger partial charge in [0.15, 0.2) is 0 Å². The van der Waals surface area contributed by atoms with Crippen molar-refractivity contribution in [2.24, 2.45) is 0 Å². The van der Waals surface area contributed by atoms with Crippen LogP contribution in [-0.2, 0) is 4.74 Å². The smallest absolute Gasteiger partial charge is 0.335 e. The van der Waals surface area contributed by atoms with E-state index in [1.807, 2.05) is 0 Å². The van der Waals surface area contributed by atoms with Crippen molar-refractivity contribution >= 4 is 33.6 Å². The topological polar surface area (TPSA) is 78.9 Å². The van der Waals surface area contributed by atoms with Crippen molar-refractivity contribution in [3.63, 3.8) is 0 Å². The van der Waals surface area contributed by atoms with E-state index < -0.39 is 5.97 Å². The van der Waals surface area contributed by atoms with Crippen LogP contribution in [0.15, 0.2) is 35.3 Å². The molecule has 0 atom stereocenters. The van der Waals surface area contributed by atoms with Crippen LogP contribution >= 0.6 is 15.9 Å². The number of urea groups is 1. The number of hydrogen-bond acceptors (Lipinski definition) is 3. The molecule has 0 heterocycles. The summed E-state index contributed by atoms with van der Waals surface area (Å²) in [6.45, 7) is 4.78. The van der Waals surface area contributed by atoms with Crippen molar-refractivity contribution in [3.05, 3.63) is 40.9 Å². The molecular formula is C14H17BrN2O4. The number of benzene rings is 1. The molecule has 0 bridgehead atoms. The van der Waals surface area contributed by atoms with Gasteiger partial charge in [0.2, 0.25) is 0 Å². The number of amides is 2.